The van der Waals surface area contributed by atoms with Crippen molar-refractivity contribution in [3.8, 4) is 0 Å². The van der Waals surface area contributed by atoms with Gasteiger partial charge in [-0.05, 0) is 22.3 Å². The summed E-state index contributed by atoms with van der Waals surface area (Å²) in [7, 11) is 0. The van der Waals surface area contributed by atoms with Crippen LogP contribution in [-0.4, -0.2) is 44.4 Å². The lowest BCUT2D eigenvalue weighted by Crippen LogP contribution is -2.56. The van der Waals surface area contributed by atoms with Crippen molar-refractivity contribution in [1.82, 2.24) is 10.2 Å². The van der Waals surface area contributed by atoms with Crippen molar-refractivity contribution in [2.45, 2.75) is 24.5 Å². The molecule has 2 saturated heterocycles. The average Bonchev–Trinajstić information content (AvgIpc) is 3.38. The van der Waals surface area contributed by atoms with E-state index < -0.39 is 53.6 Å². The van der Waals surface area contributed by atoms with Gasteiger partial charge in [-0.2, -0.15) is 0 Å². The molecule has 0 radical (unpaired) electrons. The van der Waals surface area contributed by atoms with Gasteiger partial charge in [-0.1, -0.05) is 97.1 Å². The molecule has 192 valence electrons. The number of rotatable bonds is 8. The molecule has 3 aromatic rings. The summed E-state index contributed by atoms with van der Waals surface area (Å²) in [6, 6.07) is 25.1. The van der Waals surface area contributed by atoms with Gasteiger partial charge in [-0.3, -0.25) is 29.4 Å². The first kappa shape index (κ1) is 25.1. The van der Waals surface area contributed by atoms with Gasteiger partial charge >= 0.3 is 11.9 Å². The Labute approximate surface area is 219 Å². The number of nitrogens with zero attached hydrogens (tertiary/aromatic N) is 1. The summed E-state index contributed by atoms with van der Waals surface area (Å²) < 4.78 is 0. The Morgan fingerprint density at radius 2 is 1.39 bits per heavy atom. The molecule has 4 atom stereocenters. The number of carbonyl (C=O) groups is 4. The second-order valence-corrected chi connectivity index (χ2v) is 9.63. The molecule has 2 amide bonds. The quantitative estimate of drug-likeness (QED) is 0.312. The third-order valence-electron chi connectivity index (χ3n) is 7.30. The second kappa shape index (κ2) is 10.1. The van der Waals surface area contributed by atoms with Crippen molar-refractivity contribution in [2.24, 2.45) is 11.8 Å². The minimum absolute atomic E-state index is 0.00971. The highest BCUT2D eigenvalue weighted by atomic mass is 16.4. The van der Waals surface area contributed by atoms with Crippen LogP contribution >= 0.6 is 0 Å². The number of hydrogen-bond acceptors (Lipinski definition) is 5. The molecule has 0 aliphatic carbocycles. The summed E-state index contributed by atoms with van der Waals surface area (Å²) in [5.74, 6) is -6.43. The first-order valence-corrected chi connectivity index (χ1v) is 12.3. The molecule has 5 rings (SSSR count). The molecule has 0 bridgehead atoms. The van der Waals surface area contributed by atoms with Crippen LogP contribution in [0.25, 0.3) is 12.2 Å². The first-order valence-electron chi connectivity index (χ1n) is 12.3. The molecule has 8 nitrogen and oxygen atoms in total. The van der Waals surface area contributed by atoms with Crippen LogP contribution < -0.4 is 5.32 Å². The van der Waals surface area contributed by atoms with Gasteiger partial charge in [0.15, 0.2) is 0 Å². The first-order chi connectivity index (χ1) is 18.3. The molecule has 2 aliphatic heterocycles. The van der Waals surface area contributed by atoms with Crippen molar-refractivity contribution >= 4 is 35.9 Å². The predicted octanol–water partition coefficient (Wildman–Crippen LogP) is 3.60. The van der Waals surface area contributed by atoms with Crippen LogP contribution in [-0.2, 0) is 25.7 Å². The zero-order chi connectivity index (χ0) is 26.9. The number of likely N-dealkylation sites (tertiary alicyclic amines) is 1. The summed E-state index contributed by atoms with van der Waals surface area (Å²) in [6.07, 6.45) is 3.06. The summed E-state index contributed by atoms with van der Waals surface area (Å²) in [5.41, 5.74) is 1.12. The summed E-state index contributed by atoms with van der Waals surface area (Å²) >= 11 is 0. The lowest BCUT2D eigenvalue weighted by Gasteiger charge is -2.29. The summed E-state index contributed by atoms with van der Waals surface area (Å²) in [6.45, 7) is -0.00971. The lowest BCUT2D eigenvalue weighted by atomic mass is 9.77. The number of amides is 2. The van der Waals surface area contributed by atoms with Crippen molar-refractivity contribution < 1.29 is 29.4 Å². The Morgan fingerprint density at radius 1 is 0.816 bits per heavy atom. The fourth-order valence-electron chi connectivity index (χ4n) is 5.52. The van der Waals surface area contributed by atoms with Crippen molar-refractivity contribution in [3.63, 3.8) is 0 Å². The van der Waals surface area contributed by atoms with Gasteiger partial charge in [0.25, 0.3) is 0 Å². The standard InChI is InChI=1S/C30H26N2O6/c33-23(34)17-30(29(37)38)25-24(27(35)32(28(25)36)18-21-9-5-2-6-10-21)26(31-30)22-15-13-20(14-16-22)12-11-19-7-3-1-4-8-19/h1-16,24-26,31H,17-18H2,(H,33,34)(H,37,38). The molecule has 0 spiro atoms. The second-order valence-electron chi connectivity index (χ2n) is 9.63. The number of fused-ring (bicyclic) bond motifs is 1. The SMILES string of the molecule is O=C(O)CC1(C(=O)O)NC(c2ccc(C=Cc3ccccc3)cc2)C2C(=O)N(Cc3ccccc3)C(=O)C21. The van der Waals surface area contributed by atoms with E-state index in [1.165, 1.54) is 0 Å². The molecule has 2 fully saturated rings. The molecule has 38 heavy (non-hydrogen) atoms. The summed E-state index contributed by atoms with van der Waals surface area (Å²) in [5, 5.41) is 22.7. The normalized spacial score (nSPS) is 24.6. The van der Waals surface area contributed by atoms with Crippen molar-refractivity contribution in [1.29, 1.82) is 0 Å². The molecule has 3 aromatic carbocycles. The Bertz CT molecular complexity index is 1400. The van der Waals surface area contributed by atoms with Gasteiger partial charge < -0.3 is 10.2 Å². The Morgan fingerprint density at radius 3 is 1.97 bits per heavy atom. The van der Waals surface area contributed by atoms with Crippen molar-refractivity contribution in [2.75, 3.05) is 0 Å². The number of imide groups is 1. The Balaban J connectivity index is 1.49. The van der Waals surface area contributed by atoms with E-state index in [2.05, 4.69) is 5.32 Å². The zero-order valence-electron chi connectivity index (χ0n) is 20.4. The van der Waals surface area contributed by atoms with Crippen molar-refractivity contribution in [3.05, 3.63) is 107 Å². The third-order valence-corrected chi connectivity index (χ3v) is 7.30. The number of hydrogen-bond donors (Lipinski definition) is 3. The number of carboxylic acids is 2. The fraction of sp³-hybridized carbons (Fsp3) is 0.200. The molecule has 2 heterocycles. The molecular formula is C30H26N2O6. The van der Waals surface area contributed by atoms with E-state index in [0.717, 1.165) is 16.0 Å². The topological polar surface area (TPSA) is 124 Å². The predicted molar refractivity (Wildman–Crippen MR) is 139 cm³/mol. The highest BCUT2D eigenvalue weighted by molar-refractivity contribution is 6.10. The van der Waals surface area contributed by atoms with Crippen LogP contribution in [0.2, 0.25) is 0 Å². The summed E-state index contributed by atoms with van der Waals surface area (Å²) in [4.78, 5) is 52.6. The van der Waals surface area contributed by atoms with Crippen LogP contribution in [0.4, 0.5) is 0 Å². The zero-order valence-corrected chi connectivity index (χ0v) is 20.4. The largest absolute Gasteiger partial charge is 0.481 e. The molecule has 0 saturated carbocycles. The Hall–Kier alpha value is -4.56. The van der Waals surface area contributed by atoms with Crippen LogP contribution in [0.1, 0.15) is 34.7 Å². The smallest absolute Gasteiger partial charge is 0.325 e. The number of benzene rings is 3. The lowest BCUT2D eigenvalue weighted by molar-refractivity contribution is -0.156. The minimum Gasteiger partial charge on any atom is -0.481 e. The van der Waals surface area contributed by atoms with E-state index in [1.807, 2.05) is 60.7 Å². The third kappa shape index (κ3) is 4.50. The van der Waals surface area contributed by atoms with Crippen LogP contribution in [0.3, 0.4) is 0 Å². The number of nitrogens with one attached hydrogen (secondary N) is 1. The van der Waals surface area contributed by atoms with Crippen LogP contribution in [0.5, 0.6) is 0 Å². The van der Waals surface area contributed by atoms with E-state index in [1.54, 1.807) is 36.4 Å². The molecule has 0 aromatic heterocycles. The molecule has 3 N–H and O–H groups in total. The molecule has 2 aliphatic rings. The number of carboxylic acid groups (broad SMARTS) is 2. The van der Waals surface area contributed by atoms with Gasteiger partial charge in [0.2, 0.25) is 11.8 Å². The molecular weight excluding hydrogens is 484 g/mol. The minimum atomic E-state index is -2.12. The maximum Gasteiger partial charge on any atom is 0.325 e. The van der Waals surface area contributed by atoms with E-state index in [9.17, 15) is 29.4 Å². The highest BCUT2D eigenvalue weighted by Crippen LogP contribution is 2.50. The van der Waals surface area contributed by atoms with E-state index in [-0.39, 0.29) is 6.54 Å². The monoisotopic (exact) mass is 510 g/mol. The average molecular weight is 511 g/mol. The van der Waals surface area contributed by atoms with Gasteiger partial charge in [0, 0.05) is 6.04 Å². The van der Waals surface area contributed by atoms with Gasteiger partial charge in [0.1, 0.15) is 5.54 Å². The van der Waals surface area contributed by atoms with Gasteiger partial charge in [0.05, 0.1) is 24.8 Å². The maximum atomic E-state index is 13.6. The van der Waals surface area contributed by atoms with Crippen LogP contribution in [0, 0.1) is 11.8 Å². The number of aliphatic carboxylic acids is 2. The maximum absolute atomic E-state index is 13.6. The Kier molecular flexibility index (Phi) is 6.65. The molecule has 4 unspecified atom stereocenters. The van der Waals surface area contributed by atoms with E-state index in [4.69, 9.17) is 0 Å². The fourth-order valence-corrected chi connectivity index (χ4v) is 5.52. The van der Waals surface area contributed by atoms with E-state index in [0.29, 0.717) is 11.1 Å². The van der Waals surface area contributed by atoms with Gasteiger partial charge in [-0.25, -0.2) is 0 Å². The van der Waals surface area contributed by atoms with Gasteiger partial charge in [-0.15, -0.1) is 0 Å². The highest BCUT2D eigenvalue weighted by Gasteiger charge is 2.69. The van der Waals surface area contributed by atoms with Crippen LogP contribution in [0.15, 0.2) is 84.9 Å². The number of carbonyl (C=O) groups excluding carboxylic acids is 2. The van der Waals surface area contributed by atoms with E-state index >= 15 is 0 Å². The molecule has 8 heteroatoms.